The quantitative estimate of drug-likeness (QED) is 0.741. The van der Waals surface area contributed by atoms with Gasteiger partial charge < -0.3 is 19.4 Å². The molecule has 1 aromatic carbocycles. The van der Waals surface area contributed by atoms with Crippen LogP contribution < -0.4 is 14.8 Å². The van der Waals surface area contributed by atoms with Crippen molar-refractivity contribution in [2.45, 2.75) is 51.7 Å². The molecule has 29 heavy (non-hydrogen) atoms. The van der Waals surface area contributed by atoms with Gasteiger partial charge in [0.2, 0.25) is 0 Å². The molecule has 0 bridgehead atoms. The van der Waals surface area contributed by atoms with Crippen molar-refractivity contribution in [1.29, 1.82) is 0 Å². The second-order valence-corrected chi connectivity index (χ2v) is 7.69. The van der Waals surface area contributed by atoms with Crippen LogP contribution >= 0.6 is 12.4 Å². The third-order valence-corrected chi connectivity index (χ3v) is 5.70. The predicted octanol–water partition coefficient (Wildman–Crippen LogP) is 2.98. The van der Waals surface area contributed by atoms with Crippen molar-refractivity contribution in [2.24, 2.45) is 0 Å². The summed E-state index contributed by atoms with van der Waals surface area (Å²) in [4.78, 5) is 2.52. The van der Waals surface area contributed by atoms with Gasteiger partial charge in [0.1, 0.15) is 11.6 Å². The van der Waals surface area contributed by atoms with Crippen LogP contribution in [0.5, 0.6) is 11.5 Å². The van der Waals surface area contributed by atoms with Crippen molar-refractivity contribution in [3.63, 3.8) is 0 Å². The van der Waals surface area contributed by atoms with Crippen LogP contribution in [0.25, 0.3) is 0 Å². The Labute approximate surface area is 179 Å². The van der Waals surface area contributed by atoms with Gasteiger partial charge in [-0.25, -0.2) is 0 Å². The fourth-order valence-corrected chi connectivity index (χ4v) is 4.17. The van der Waals surface area contributed by atoms with Gasteiger partial charge in [-0.3, -0.25) is 4.90 Å². The number of hydrogen-bond acceptors (Lipinski definition) is 6. The van der Waals surface area contributed by atoms with Gasteiger partial charge in [0.05, 0.1) is 20.3 Å². The topological polar surface area (TPSA) is 64.4 Å². The third-order valence-electron chi connectivity index (χ3n) is 5.70. The van der Waals surface area contributed by atoms with E-state index in [-0.39, 0.29) is 12.4 Å². The van der Waals surface area contributed by atoms with Crippen molar-refractivity contribution in [2.75, 3.05) is 33.4 Å². The van der Waals surface area contributed by atoms with Crippen LogP contribution in [0.15, 0.2) is 18.2 Å². The minimum Gasteiger partial charge on any atom is -0.493 e. The Morgan fingerprint density at radius 1 is 1.14 bits per heavy atom. The van der Waals surface area contributed by atoms with E-state index in [2.05, 4.69) is 44.0 Å². The maximum atomic E-state index is 5.86. The molecule has 0 saturated carbocycles. The predicted molar refractivity (Wildman–Crippen MR) is 115 cm³/mol. The fourth-order valence-electron chi connectivity index (χ4n) is 4.17. The molecule has 8 heteroatoms. The van der Waals surface area contributed by atoms with Crippen LogP contribution in [0, 0.1) is 0 Å². The number of rotatable bonds is 7. The number of aromatic nitrogens is 3. The number of fused-ring (bicyclic) bond motifs is 1. The molecule has 160 valence electrons. The molecule has 2 aromatic rings. The highest BCUT2D eigenvalue weighted by Crippen LogP contribution is 2.31. The first-order chi connectivity index (χ1) is 13.8. The van der Waals surface area contributed by atoms with Gasteiger partial charge in [-0.2, -0.15) is 0 Å². The Morgan fingerprint density at radius 2 is 1.97 bits per heavy atom. The second kappa shape index (κ2) is 10.3. The minimum atomic E-state index is 0. The van der Waals surface area contributed by atoms with Gasteiger partial charge in [0, 0.05) is 25.6 Å². The molecule has 0 spiro atoms. The number of nitrogens with zero attached hydrogens (tertiary/aromatic N) is 4. The van der Waals surface area contributed by atoms with Gasteiger partial charge in [-0.15, -0.1) is 22.6 Å². The average molecular weight is 422 g/mol. The summed E-state index contributed by atoms with van der Waals surface area (Å²) in [7, 11) is 1.69. The van der Waals surface area contributed by atoms with E-state index in [1.807, 2.05) is 6.07 Å². The number of ether oxygens (including phenoxy) is 2. The molecule has 1 N–H and O–H groups in total. The van der Waals surface area contributed by atoms with Crippen LogP contribution in [0.4, 0.5) is 0 Å². The summed E-state index contributed by atoms with van der Waals surface area (Å²) in [6.45, 7) is 8.78. The number of halogens is 1. The summed E-state index contributed by atoms with van der Waals surface area (Å²) in [6, 6.07) is 6.29. The molecule has 1 fully saturated rings. The number of hydrogen-bond donors (Lipinski definition) is 1. The Hall–Kier alpha value is -1.83. The van der Waals surface area contributed by atoms with E-state index in [0.717, 1.165) is 75.9 Å². The Kier molecular flexibility index (Phi) is 7.75. The van der Waals surface area contributed by atoms with E-state index in [4.69, 9.17) is 9.47 Å². The van der Waals surface area contributed by atoms with E-state index in [1.54, 1.807) is 7.11 Å². The average Bonchev–Trinajstić information content (AvgIpc) is 3.17. The smallest absolute Gasteiger partial charge is 0.161 e. The summed E-state index contributed by atoms with van der Waals surface area (Å²) < 4.78 is 13.6. The van der Waals surface area contributed by atoms with Crippen molar-refractivity contribution >= 4 is 12.4 Å². The highest BCUT2D eigenvalue weighted by atomic mass is 35.5. The maximum absolute atomic E-state index is 5.86. The van der Waals surface area contributed by atoms with Crippen molar-refractivity contribution in [3.05, 3.63) is 35.4 Å². The molecule has 0 amide bonds. The highest BCUT2D eigenvalue weighted by molar-refractivity contribution is 5.85. The van der Waals surface area contributed by atoms with Gasteiger partial charge >= 0.3 is 0 Å². The van der Waals surface area contributed by atoms with Crippen LogP contribution in [0.2, 0.25) is 0 Å². The lowest BCUT2D eigenvalue weighted by Crippen LogP contribution is -2.34. The molecule has 4 rings (SSSR count). The van der Waals surface area contributed by atoms with Gasteiger partial charge in [0.25, 0.3) is 0 Å². The Balaban J connectivity index is 0.00000240. The third kappa shape index (κ3) is 5.02. The van der Waals surface area contributed by atoms with Crippen LogP contribution in [-0.4, -0.2) is 53.0 Å². The first kappa shape index (κ1) is 21.9. The SMILES string of the molecule is CCCOc1cc(CN2CCC(c3nnc4n3CCNC4)CC2)ccc1OC.Cl. The largest absolute Gasteiger partial charge is 0.493 e. The molecule has 7 nitrogen and oxygen atoms in total. The molecule has 1 aromatic heterocycles. The lowest BCUT2D eigenvalue weighted by atomic mass is 9.95. The molecule has 0 aliphatic carbocycles. The van der Waals surface area contributed by atoms with Gasteiger partial charge in [0.15, 0.2) is 11.5 Å². The standard InChI is InChI=1S/C21H31N5O2.ClH/c1-3-12-28-19-13-16(4-5-18(19)27-2)15-25-9-6-17(7-10-25)21-24-23-20-14-22-8-11-26(20)21;/h4-5,13,17,22H,3,6-12,14-15H2,1-2H3;1H. The van der Waals surface area contributed by atoms with Crippen molar-refractivity contribution in [3.8, 4) is 11.5 Å². The molecule has 0 atom stereocenters. The molecular formula is C21H32ClN5O2. The summed E-state index contributed by atoms with van der Waals surface area (Å²) >= 11 is 0. The number of benzene rings is 1. The van der Waals surface area contributed by atoms with Crippen LogP contribution in [-0.2, 0) is 19.6 Å². The zero-order valence-corrected chi connectivity index (χ0v) is 18.2. The summed E-state index contributed by atoms with van der Waals surface area (Å²) in [6.07, 6.45) is 3.27. The summed E-state index contributed by atoms with van der Waals surface area (Å²) in [5.74, 6) is 4.45. The normalized spacial score (nSPS) is 17.4. The van der Waals surface area contributed by atoms with Crippen molar-refractivity contribution < 1.29 is 9.47 Å². The Morgan fingerprint density at radius 3 is 2.72 bits per heavy atom. The molecule has 2 aliphatic heterocycles. The monoisotopic (exact) mass is 421 g/mol. The molecular weight excluding hydrogens is 390 g/mol. The number of methoxy groups -OCH3 is 1. The minimum absolute atomic E-state index is 0. The van der Waals surface area contributed by atoms with E-state index in [9.17, 15) is 0 Å². The summed E-state index contributed by atoms with van der Waals surface area (Å²) in [5.41, 5.74) is 1.27. The molecule has 0 unspecified atom stereocenters. The Bertz CT molecular complexity index is 789. The van der Waals surface area contributed by atoms with E-state index in [0.29, 0.717) is 12.5 Å². The number of piperidine rings is 1. The number of nitrogens with one attached hydrogen (secondary N) is 1. The van der Waals surface area contributed by atoms with Crippen LogP contribution in [0.1, 0.15) is 49.3 Å². The molecule has 3 heterocycles. The lowest BCUT2D eigenvalue weighted by molar-refractivity contribution is 0.199. The molecule has 1 saturated heterocycles. The van der Waals surface area contributed by atoms with Crippen LogP contribution in [0.3, 0.4) is 0 Å². The second-order valence-electron chi connectivity index (χ2n) is 7.69. The zero-order valence-electron chi connectivity index (χ0n) is 17.4. The highest BCUT2D eigenvalue weighted by Gasteiger charge is 2.27. The van der Waals surface area contributed by atoms with Gasteiger partial charge in [-0.05, 0) is 50.0 Å². The maximum Gasteiger partial charge on any atom is 0.161 e. The molecule has 2 aliphatic rings. The molecule has 0 radical (unpaired) electrons. The zero-order chi connectivity index (χ0) is 19.3. The van der Waals surface area contributed by atoms with Gasteiger partial charge in [-0.1, -0.05) is 13.0 Å². The number of likely N-dealkylation sites (tertiary alicyclic amines) is 1. The van der Waals surface area contributed by atoms with Crippen molar-refractivity contribution in [1.82, 2.24) is 25.0 Å². The summed E-state index contributed by atoms with van der Waals surface area (Å²) in [5, 5.41) is 12.3. The first-order valence-electron chi connectivity index (χ1n) is 10.4. The first-order valence-corrected chi connectivity index (χ1v) is 10.4. The lowest BCUT2D eigenvalue weighted by Gasteiger charge is -2.32. The van der Waals surface area contributed by atoms with E-state index >= 15 is 0 Å². The fraction of sp³-hybridized carbons (Fsp3) is 0.619. The van der Waals surface area contributed by atoms with E-state index in [1.165, 1.54) is 11.4 Å². The van der Waals surface area contributed by atoms with E-state index < -0.39 is 0 Å².